The summed E-state index contributed by atoms with van der Waals surface area (Å²) in [5.74, 6) is 0. The highest BCUT2D eigenvalue weighted by atomic mass is 35.5. The molecule has 1 N–H and O–H groups in total. The maximum atomic E-state index is 11.4. The van der Waals surface area contributed by atoms with E-state index in [0.29, 0.717) is 6.29 Å². The number of halogens is 4. The van der Waals surface area contributed by atoms with E-state index in [1.807, 2.05) is 5.32 Å². The topological polar surface area (TPSA) is 29.1 Å². The van der Waals surface area contributed by atoms with Crippen LogP contribution in [0.25, 0.3) is 0 Å². The van der Waals surface area contributed by atoms with Crippen LogP contribution in [0.2, 0.25) is 0 Å². The van der Waals surface area contributed by atoms with Gasteiger partial charge in [0.1, 0.15) is 11.7 Å². The highest BCUT2D eigenvalue weighted by Gasteiger charge is 2.26. The molecule has 0 saturated carbocycles. The molecule has 0 aliphatic carbocycles. The van der Waals surface area contributed by atoms with E-state index in [9.17, 15) is 18.0 Å². The van der Waals surface area contributed by atoms with E-state index in [2.05, 4.69) is 0 Å². The van der Waals surface area contributed by atoms with Crippen molar-refractivity contribution in [2.45, 2.75) is 11.6 Å². The number of aldehydes is 1. The number of carbonyl (C=O) groups excluding carboxylic acids is 1. The number of nitrogens with one attached hydrogen (secondary N) is 1. The van der Waals surface area contributed by atoms with Crippen molar-refractivity contribution in [3.8, 4) is 0 Å². The van der Waals surface area contributed by atoms with Crippen molar-refractivity contribution < 1.29 is 18.0 Å². The third kappa shape index (κ3) is 7.61. The summed E-state index contributed by atoms with van der Waals surface area (Å²) in [5.41, 5.74) is 0. The second-order valence-corrected chi connectivity index (χ2v) is 2.46. The van der Waals surface area contributed by atoms with E-state index < -0.39 is 18.1 Å². The van der Waals surface area contributed by atoms with Gasteiger partial charge in [0.15, 0.2) is 0 Å². The van der Waals surface area contributed by atoms with E-state index in [-0.39, 0.29) is 6.54 Å². The Morgan fingerprint density at radius 1 is 1.55 bits per heavy atom. The van der Waals surface area contributed by atoms with Crippen LogP contribution in [0.1, 0.15) is 0 Å². The molecule has 1 atom stereocenters. The van der Waals surface area contributed by atoms with Crippen molar-refractivity contribution in [2.75, 3.05) is 13.1 Å². The Balaban J connectivity index is 3.35. The van der Waals surface area contributed by atoms with Crippen molar-refractivity contribution in [3.05, 3.63) is 0 Å². The zero-order valence-corrected chi connectivity index (χ0v) is 6.24. The molecule has 0 heterocycles. The summed E-state index contributed by atoms with van der Waals surface area (Å²) < 4.78 is 34.2. The molecule has 11 heavy (non-hydrogen) atoms. The predicted octanol–water partition coefficient (Wildman–Crippen LogP) is 0.945. The molecule has 0 saturated heterocycles. The second kappa shape index (κ2) is 4.56. The fraction of sp³-hybridized carbons (Fsp3) is 0.800. The minimum atomic E-state index is -4.25. The first-order valence-electron chi connectivity index (χ1n) is 2.82. The van der Waals surface area contributed by atoms with Crippen LogP contribution in [0.15, 0.2) is 0 Å². The van der Waals surface area contributed by atoms with Crippen LogP contribution in [0, 0.1) is 0 Å². The first-order valence-corrected chi connectivity index (χ1v) is 3.26. The number of hydrogen-bond acceptors (Lipinski definition) is 2. The predicted molar refractivity (Wildman–Crippen MR) is 34.6 cm³/mol. The van der Waals surface area contributed by atoms with Gasteiger partial charge in [-0.3, -0.25) is 0 Å². The molecule has 0 fully saturated rings. The fourth-order valence-electron chi connectivity index (χ4n) is 0.400. The van der Waals surface area contributed by atoms with Crippen molar-refractivity contribution in [2.24, 2.45) is 0 Å². The van der Waals surface area contributed by atoms with E-state index in [4.69, 9.17) is 11.6 Å². The van der Waals surface area contributed by atoms with E-state index in [0.717, 1.165) is 0 Å². The number of hydrogen-bond donors (Lipinski definition) is 1. The van der Waals surface area contributed by atoms with Crippen molar-refractivity contribution in [3.63, 3.8) is 0 Å². The molecule has 0 spiro atoms. The van der Waals surface area contributed by atoms with Crippen LogP contribution >= 0.6 is 11.6 Å². The average Bonchev–Trinajstić information content (AvgIpc) is 1.85. The minimum absolute atomic E-state index is 0.162. The van der Waals surface area contributed by atoms with Crippen molar-refractivity contribution in [1.82, 2.24) is 5.32 Å². The maximum absolute atomic E-state index is 11.4. The van der Waals surface area contributed by atoms with Crippen LogP contribution in [-0.4, -0.2) is 30.9 Å². The maximum Gasteiger partial charge on any atom is 0.401 e. The molecular weight excluding hydrogens is 183 g/mol. The lowest BCUT2D eigenvalue weighted by Gasteiger charge is -2.07. The lowest BCUT2D eigenvalue weighted by molar-refractivity contribution is -0.125. The standard InChI is InChI=1S/C5H7ClF3NO/c6-4(2-11)1-10-3-5(7,8)9/h2,4,10H,1,3H2. The van der Waals surface area contributed by atoms with E-state index >= 15 is 0 Å². The van der Waals surface area contributed by atoms with Gasteiger partial charge >= 0.3 is 6.18 Å². The van der Waals surface area contributed by atoms with E-state index in [1.54, 1.807) is 0 Å². The Morgan fingerprint density at radius 2 is 2.09 bits per heavy atom. The Bertz CT molecular complexity index is 127. The van der Waals surface area contributed by atoms with E-state index in [1.165, 1.54) is 0 Å². The smallest absolute Gasteiger partial charge is 0.307 e. The molecule has 0 aromatic rings. The molecule has 0 rings (SSSR count). The number of carbonyl (C=O) groups is 1. The summed E-state index contributed by atoms with van der Waals surface area (Å²) >= 11 is 5.20. The van der Waals surface area contributed by atoms with Gasteiger partial charge in [-0.25, -0.2) is 0 Å². The molecule has 2 nitrogen and oxygen atoms in total. The molecule has 0 aromatic carbocycles. The van der Waals surface area contributed by atoms with Gasteiger partial charge in [-0.1, -0.05) is 0 Å². The average molecular weight is 190 g/mol. The largest absolute Gasteiger partial charge is 0.401 e. The van der Waals surface area contributed by atoms with Gasteiger partial charge < -0.3 is 10.1 Å². The SMILES string of the molecule is O=CC(Cl)CNCC(F)(F)F. The molecule has 6 heteroatoms. The number of rotatable bonds is 4. The number of alkyl halides is 4. The van der Waals surface area contributed by atoms with Gasteiger partial charge in [0.05, 0.1) is 6.54 Å². The molecule has 0 aliphatic heterocycles. The van der Waals surface area contributed by atoms with Gasteiger partial charge in [0, 0.05) is 6.54 Å². The molecule has 0 amide bonds. The van der Waals surface area contributed by atoms with Crippen LogP contribution < -0.4 is 5.32 Å². The molecule has 1 unspecified atom stereocenters. The quantitative estimate of drug-likeness (QED) is 0.527. The van der Waals surface area contributed by atoms with Crippen LogP contribution in [-0.2, 0) is 4.79 Å². The molecule has 0 bridgehead atoms. The lowest BCUT2D eigenvalue weighted by Crippen LogP contribution is -2.33. The first-order chi connectivity index (χ1) is 4.95. The summed E-state index contributed by atoms with van der Waals surface area (Å²) in [4.78, 5) is 9.81. The van der Waals surface area contributed by atoms with Crippen LogP contribution in [0.5, 0.6) is 0 Å². The summed E-state index contributed by atoms with van der Waals surface area (Å²) in [6.07, 6.45) is -3.87. The Hall–Kier alpha value is -0.290. The zero-order valence-electron chi connectivity index (χ0n) is 5.49. The monoisotopic (exact) mass is 189 g/mol. The van der Waals surface area contributed by atoms with Gasteiger partial charge in [0.25, 0.3) is 0 Å². The molecule has 66 valence electrons. The minimum Gasteiger partial charge on any atom is -0.307 e. The molecular formula is C5H7ClF3NO. The summed E-state index contributed by atoms with van der Waals surface area (Å²) in [6.45, 7) is -1.28. The van der Waals surface area contributed by atoms with Crippen molar-refractivity contribution in [1.29, 1.82) is 0 Å². The van der Waals surface area contributed by atoms with Crippen LogP contribution in [0.4, 0.5) is 13.2 Å². The highest BCUT2D eigenvalue weighted by molar-refractivity contribution is 6.27. The van der Waals surface area contributed by atoms with Gasteiger partial charge in [-0.2, -0.15) is 13.2 Å². The molecule has 0 radical (unpaired) electrons. The summed E-state index contributed by atoms with van der Waals surface area (Å²) in [7, 11) is 0. The van der Waals surface area contributed by atoms with Gasteiger partial charge in [-0.15, -0.1) is 11.6 Å². The Kier molecular flexibility index (Phi) is 4.44. The van der Waals surface area contributed by atoms with Gasteiger partial charge in [-0.05, 0) is 0 Å². The first kappa shape index (κ1) is 10.7. The molecule has 0 aliphatic rings. The van der Waals surface area contributed by atoms with Crippen molar-refractivity contribution >= 4 is 17.9 Å². The summed E-state index contributed by atoms with van der Waals surface area (Å²) in [6, 6.07) is 0. The highest BCUT2D eigenvalue weighted by Crippen LogP contribution is 2.11. The zero-order chi connectivity index (χ0) is 8.91. The lowest BCUT2D eigenvalue weighted by atomic mass is 10.4. The molecule has 0 aromatic heterocycles. The Morgan fingerprint density at radius 3 is 2.45 bits per heavy atom. The normalized spacial score (nSPS) is 14.5. The second-order valence-electron chi connectivity index (χ2n) is 1.90. The summed E-state index contributed by atoms with van der Waals surface area (Å²) in [5, 5.41) is 1.10. The third-order valence-corrected chi connectivity index (χ3v) is 1.07. The van der Waals surface area contributed by atoms with Crippen LogP contribution in [0.3, 0.4) is 0 Å². The fourth-order valence-corrected chi connectivity index (χ4v) is 0.509. The Labute approximate surface area is 66.7 Å². The van der Waals surface area contributed by atoms with Gasteiger partial charge in [0.2, 0.25) is 0 Å². The third-order valence-electron chi connectivity index (χ3n) is 0.812.